The van der Waals surface area contributed by atoms with Crippen LogP contribution >= 0.6 is 0 Å². The lowest BCUT2D eigenvalue weighted by molar-refractivity contribution is 0.0976. The standard InChI is InChI=1S/C21H23N3O2/c22-21(25)20-13-18-17(7-4-8-19(18)26-20)15-24-11-9-23(10-12-24)14-16-5-2-1-3-6-16/h1-8,13H,9-12,14-15H2,(H2,22,25). The molecule has 1 aromatic heterocycles. The quantitative estimate of drug-likeness (QED) is 0.769. The Balaban J connectivity index is 1.40. The van der Waals surface area contributed by atoms with Crippen LogP contribution < -0.4 is 5.73 Å². The molecule has 0 atom stereocenters. The number of nitrogens with two attached hydrogens (primary N) is 1. The smallest absolute Gasteiger partial charge is 0.284 e. The molecule has 0 spiro atoms. The molecule has 26 heavy (non-hydrogen) atoms. The molecule has 134 valence electrons. The van der Waals surface area contributed by atoms with Crippen LogP contribution in [0.15, 0.2) is 59.0 Å². The average molecular weight is 349 g/mol. The number of piperazine rings is 1. The summed E-state index contributed by atoms with van der Waals surface area (Å²) in [6, 6.07) is 18.3. The van der Waals surface area contributed by atoms with Crippen LogP contribution in [0.4, 0.5) is 0 Å². The van der Waals surface area contributed by atoms with Crippen molar-refractivity contribution in [3.63, 3.8) is 0 Å². The van der Waals surface area contributed by atoms with Crippen LogP contribution in [0.3, 0.4) is 0 Å². The predicted molar refractivity (Wildman–Crippen MR) is 102 cm³/mol. The molecule has 1 amide bonds. The first kappa shape index (κ1) is 16.8. The van der Waals surface area contributed by atoms with Crippen LogP contribution in [0.25, 0.3) is 11.0 Å². The minimum atomic E-state index is -0.526. The van der Waals surface area contributed by atoms with E-state index in [9.17, 15) is 4.79 Å². The third kappa shape index (κ3) is 3.64. The Hall–Kier alpha value is -2.63. The predicted octanol–water partition coefficient (Wildman–Crippen LogP) is 2.85. The van der Waals surface area contributed by atoms with Gasteiger partial charge in [0.1, 0.15) is 5.58 Å². The van der Waals surface area contributed by atoms with Crippen molar-refractivity contribution in [2.45, 2.75) is 13.1 Å². The number of hydrogen-bond acceptors (Lipinski definition) is 4. The largest absolute Gasteiger partial charge is 0.451 e. The van der Waals surface area contributed by atoms with Crippen LogP contribution in [0.1, 0.15) is 21.7 Å². The van der Waals surface area contributed by atoms with Gasteiger partial charge in [-0.1, -0.05) is 42.5 Å². The lowest BCUT2D eigenvalue weighted by Crippen LogP contribution is -2.45. The highest BCUT2D eigenvalue weighted by atomic mass is 16.3. The fourth-order valence-corrected chi connectivity index (χ4v) is 3.57. The van der Waals surface area contributed by atoms with Gasteiger partial charge >= 0.3 is 0 Å². The molecule has 0 aliphatic carbocycles. The highest BCUT2D eigenvalue weighted by Crippen LogP contribution is 2.24. The van der Waals surface area contributed by atoms with E-state index in [4.69, 9.17) is 10.2 Å². The molecule has 4 rings (SSSR count). The van der Waals surface area contributed by atoms with Crippen molar-refractivity contribution in [2.75, 3.05) is 26.2 Å². The topological polar surface area (TPSA) is 62.7 Å². The summed E-state index contributed by atoms with van der Waals surface area (Å²) in [4.78, 5) is 16.3. The minimum Gasteiger partial charge on any atom is -0.451 e. The molecule has 2 N–H and O–H groups in total. The third-order valence-electron chi connectivity index (χ3n) is 5.00. The number of hydrogen-bond donors (Lipinski definition) is 1. The molecule has 0 bridgehead atoms. The van der Waals surface area contributed by atoms with Crippen molar-refractivity contribution >= 4 is 16.9 Å². The Morgan fingerprint density at radius 3 is 2.31 bits per heavy atom. The number of rotatable bonds is 5. The summed E-state index contributed by atoms with van der Waals surface area (Å²) < 4.78 is 5.54. The molecule has 0 radical (unpaired) electrons. The van der Waals surface area contributed by atoms with Gasteiger partial charge in [-0.25, -0.2) is 0 Å². The van der Waals surface area contributed by atoms with E-state index in [2.05, 4.69) is 46.2 Å². The van der Waals surface area contributed by atoms with Crippen molar-refractivity contribution in [1.29, 1.82) is 0 Å². The van der Waals surface area contributed by atoms with Gasteiger partial charge in [-0.3, -0.25) is 14.6 Å². The molecule has 3 aromatic rings. The molecule has 5 heteroatoms. The van der Waals surface area contributed by atoms with E-state index in [-0.39, 0.29) is 5.76 Å². The minimum absolute atomic E-state index is 0.222. The van der Waals surface area contributed by atoms with Gasteiger partial charge in [-0.05, 0) is 23.3 Å². The van der Waals surface area contributed by atoms with Crippen molar-refractivity contribution in [2.24, 2.45) is 5.73 Å². The maximum absolute atomic E-state index is 11.4. The van der Waals surface area contributed by atoms with Gasteiger partial charge < -0.3 is 10.2 Å². The molecule has 1 aliphatic heterocycles. The van der Waals surface area contributed by atoms with Crippen molar-refractivity contribution < 1.29 is 9.21 Å². The number of nitrogens with zero attached hydrogens (tertiary/aromatic N) is 2. The van der Waals surface area contributed by atoms with E-state index in [1.54, 1.807) is 6.07 Å². The molecular formula is C21H23N3O2. The van der Waals surface area contributed by atoms with Gasteiger partial charge in [0.2, 0.25) is 0 Å². The number of fused-ring (bicyclic) bond motifs is 1. The summed E-state index contributed by atoms with van der Waals surface area (Å²) in [7, 11) is 0. The molecular weight excluding hydrogens is 326 g/mol. The summed E-state index contributed by atoms with van der Waals surface area (Å²) in [5.41, 5.74) is 8.60. The fourth-order valence-electron chi connectivity index (χ4n) is 3.57. The first-order valence-corrected chi connectivity index (χ1v) is 8.99. The van der Waals surface area contributed by atoms with Crippen molar-refractivity contribution in [3.8, 4) is 0 Å². The maximum atomic E-state index is 11.4. The number of carbonyl (C=O) groups is 1. The van der Waals surface area contributed by atoms with Crippen molar-refractivity contribution in [3.05, 3.63) is 71.5 Å². The van der Waals surface area contributed by atoms with Crippen molar-refractivity contribution in [1.82, 2.24) is 9.80 Å². The lowest BCUT2D eigenvalue weighted by atomic mass is 10.1. The fraction of sp³-hybridized carbons (Fsp3) is 0.286. The number of furan rings is 1. The Labute approximate surface area is 153 Å². The summed E-state index contributed by atoms with van der Waals surface area (Å²) >= 11 is 0. The Morgan fingerprint density at radius 1 is 0.923 bits per heavy atom. The summed E-state index contributed by atoms with van der Waals surface area (Å²) in [6.45, 7) is 6.04. The first-order valence-electron chi connectivity index (χ1n) is 8.99. The summed E-state index contributed by atoms with van der Waals surface area (Å²) in [5.74, 6) is -0.304. The van der Waals surface area contributed by atoms with Gasteiger partial charge in [-0.2, -0.15) is 0 Å². The molecule has 5 nitrogen and oxygen atoms in total. The van der Waals surface area contributed by atoms with Crippen LogP contribution in [-0.2, 0) is 13.1 Å². The maximum Gasteiger partial charge on any atom is 0.284 e. The Morgan fingerprint density at radius 2 is 1.62 bits per heavy atom. The highest BCUT2D eigenvalue weighted by Gasteiger charge is 2.19. The number of carbonyl (C=O) groups excluding carboxylic acids is 1. The zero-order valence-electron chi connectivity index (χ0n) is 14.7. The van der Waals surface area contributed by atoms with Crippen LogP contribution in [0.5, 0.6) is 0 Å². The van der Waals surface area contributed by atoms with E-state index in [1.807, 2.05) is 12.1 Å². The lowest BCUT2D eigenvalue weighted by Gasteiger charge is -2.34. The molecule has 0 saturated carbocycles. The monoisotopic (exact) mass is 349 g/mol. The third-order valence-corrected chi connectivity index (χ3v) is 5.00. The van der Waals surface area contributed by atoms with Gasteiger partial charge in [-0.15, -0.1) is 0 Å². The molecule has 0 unspecified atom stereocenters. The molecule has 2 heterocycles. The molecule has 1 saturated heterocycles. The second-order valence-corrected chi connectivity index (χ2v) is 6.84. The van der Waals surface area contributed by atoms with Crippen LogP contribution in [0.2, 0.25) is 0 Å². The molecule has 1 aliphatic rings. The summed E-state index contributed by atoms with van der Waals surface area (Å²) in [5, 5.41) is 0.980. The highest BCUT2D eigenvalue weighted by molar-refractivity contribution is 5.95. The molecule has 2 aromatic carbocycles. The number of amides is 1. The first-order chi connectivity index (χ1) is 12.7. The van der Waals surface area contributed by atoms with Gasteiger partial charge in [0.25, 0.3) is 5.91 Å². The van der Waals surface area contributed by atoms with E-state index in [0.29, 0.717) is 0 Å². The zero-order valence-corrected chi connectivity index (χ0v) is 14.7. The summed E-state index contributed by atoms with van der Waals surface area (Å²) in [6.07, 6.45) is 0. The SMILES string of the molecule is NC(=O)c1cc2c(CN3CCN(Cc4ccccc4)CC3)cccc2o1. The number of primary amides is 1. The second-order valence-electron chi connectivity index (χ2n) is 6.84. The van der Waals surface area contributed by atoms with Crippen LogP contribution in [-0.4, -0.2) is 41.9 Å². The second kappa shape index (κ2) is 7.32. The van der Waals surface area contributed by atoms with E-state index >= 15 is 0 Å². The average Bonchev–Trinajstić information content (AvgIpc) is 3.10. The van der Waals surface area contributed by atoms with Gasteiger partial charge in [0.05, 0.1) is 0 Å². The zero-order chi connectivity index (χ0) is 17.9. The Bertz CT molecular complexity index is 896. The van der Waals surface area contributed by atoms with E-state index in [1.165, 1.54) is 11.1 Å². The number of benzene rings is 2. The molecule has 1 fully saturated rings. The van der Waals surface area contributed by atoms with E-state index in [0.717, 1.165) is 50.2 Å². The van der Waals surface area contributed by atoms with Crippen LogP contribution in [0, 0.1) is 0 Å². The van der Waals surface area contributed by atoms with Gasteiger partial charge in [0.15, 0.2) is 5.76 Å². The van der Waals surface area contributed by atoms with Gasteiger partial charge in [0, 0.05) is 44.7 Å². The normalized spacial score (nSPS) is 16.2. The van der Waals surface area contributed by atoms with E-state index < -0.39 is 5.91 Å². The Kier molecular flexibility index (Phi) is 4.73.